The van der Waals surface area contributed by atoms with Crippen LogP contribution >= 0.6 is 0 Å². The standard InChI is InChI=1S/C9H11N/c1-8-2-4-9(5-3-8)6-7-10/h2-7H,10H2,1H3/b7-6+. The number of aryl methyl sites for hydroxylation is 1. The van der Waals surface area contributed by atoms with Crippen LogP contribution in [0, 0.1) is 6.92 Å². The van der Waals surface area contributed by atoms with Crippen molar-refractivity contribution in [2.24, 2.45) is 5.73 Å². The average Bonchev–Trinajstić information content (AvgIpc) is 1.95. The molecule has 1 aromatic rings. The van der Waals surface area contributed by atoms with Gasteiger partial charge < -0.3 is 5.73 Å². The maximum absolute atomic E-state index is 5.22. The Labute approximate surface area is 61.2 Å². The predicted molar refractivity (Wildman–Crippen MR) is 44.4 cm³/mol. The summed E-state index contributed by atoms with van der Waals surface area (Å²) >= 11 is 0. The lowest BCUT2D eigenvalue weighted by molar-refractivity contribution is 1.46. The Hall–Kier alpha value is -1.24. The van der Waals surface area contributed by atoms with E-state index in [1.807, 2.05) is 18.2 Å². The first-order valence-electron chi connectivity index (χ1n) is 3.28. The van der Waals surface area contributed by atoms with Gasteiger partial charge in [0.05, 0.1) is 0 Å². The second-order valence-corrected chi connectivity index (χ2v) is 2.27. The minimum absolute atomic E-state index is 1.15. The number of benzene rings is 1. The molecule has 10 heavy (non-hydrogen) atoms. The molecule has 0 amide bonds. The molecule has 0 unspecified atom stereocenters. The maximum Gasteiger partial charge on any atom is -0.00564 e. The van der Waals surface area contributed by atoms with Gasteiger partial charge in [-0.05, 0) is 24.8 Å². The van der Waals surface area contributed by atoms with Crippen LogP contribution in [0.25, 0.3) is 6.08 Å². The summed E-state index contributed by atoms with van der Waals surface area (Å²) in [5.41, 5.74) is 7.64. The lowest BCUT2D eigenvalue weighted by Crippen LogP contribution is -1.77. The molecule has 1 rings (SSSR count). The lowest BCUT2D eigenvalue weighted by Gasteiger charge is -1.92. The van der Waals surface area contributed by atoms with Crippen LogP contribution in [0.15, 0.2) is 30.5 Å². The van der Waals surface area contributed by atoms with E-state index in [1.54, 1.807) is 6.20 Å². The van der Waals surface area contributed by atoms with Crippen LogP contribution in [-0.4, -0.2) is 0 Å². The van der Waals surface area contributed by atoms with Crippen LogP contribution < -0.4 is 5.73 Å². The quantitative estimate of drug-likeness (QED) is 0.622. The molecule has 0 bridgehead atoms. The van der Waals surface area contributed by atoms with Crippen LogP contribution in [0.1, 0.15) is 11.1 Å². The summed E-state index contributed by atoms with van der Waals surface area (Å²) in [7, 11) is 0. The third-order valence-corrected chi connectivity index (χ3v) is 1.37. The molecule has 1 nitrogen and oxygen atoms in total. The Bertz CT molecular complexity index is 221. The minimum Gasteiger partial charge on any atom is -0.405 e. The molecule has 0 spiro atoms. The molecule has 0 saturated heterocycles. The molecule has 0 aliphatic heterocycles. The Morgan fingerprint density at radius 2 is 1.80 bits per heavy atom. The Kier molecular flexibility index (Phi) is 2.11. The third-order valence-electron chi connectivity index (χ3n) is 1.37. The van der Waals surface area contributed by atoms with Gasteiger partial charge in [-0.15, -0.1) is 0 Å². The minimum atomic E-state index is 1.15. The van der Waals surface area contributed by atoms with Gasteiger partial charge in [0.25, 0.3) is 0 Å². The van der Waals surface area contributed by atoms with E-state index in [4.69, 9.17) is 5.73 Å². The Balaban J connectivity index is 2.89. The summed E-state index contributed by atoms with van der Waals surface area (Å²) in [4.78, 5) is 0. The second-order valence-electron chi connectivity index (χ2n) is 2.27. The van der Waals surface area contributed by atoms with Gasteiger partial charge in [-0.1, -0.05) is 29.8 Å². The van der Waals surface area contributed by atoms with Crippen molar-refractivity contribution in [2.45, 2.75) is 6.92 Å². The number of nitrogens with two attached hydrogens (primary N) is 1. The van der Waals surface area contributed by atoms with Crippen molar-refractivity contribution in [1.82, 2.24) is 0 Å². The SMILES string of the molecule is Cc1ccc(/C=C/N)cc1. The van der Waals surface area contributed by atoms with Gasteiger partial charge in [0, 0.05) is 0 Å². The molecule has 0 aromatic heterocycles. The summed E-state index contributed by atoms with van der Waals surface area (Å²) in [5.74, 6) is 0. The highest BCUT2D eigenvalue weighted by Crippen LogP contribution is 2.03. The van der Waals surface area contributed by atoms with Gasteiger partial charge in [0.2, 0.25) is 0 Å². The molecule has 52 valence electrons. The van der Waals surface area contributed by atoms with Crippen molar-refractivity contribution in [1.29, 1.82) is 0 Å². The van der Waals surface area contributed by atoms with Crippen molar-refractivity contribution in [2.75, 3.05) is 0 Å². The monoisotopic (exact) mass is 133 g/mol. The highest BCUT2D eigenvalue weighted by atomic mass is 14.5. The van der Waals surface area contributed by atoms with Gasteiger partial charge >= 0.3 is 0 Å². The van der Waals surface area contributed by atoms with Gasteiger partial charge in [-0.25, -0.2) is 0 Å². The molecule has 0 radical (unpaired) electrons. The van der Waals surface area contributed by atoms with Gasteiger partial charge in [-0.3, -0.25) is 0 Å². The summed E-state index contributed by atoms with van der Waals surface area (Å²) in [6.45, 7) is 2.07. The fraction of sp³-hybridized carbons (Fsp3) is 0.111. The zero-order valence-corrected chi connectivity index (χ0v) is 6.04. The first-order chi connectivity index (χ1) is 4.83. The van der Waals surface area contributed by atoms with Crippen molar-refractivity contribution in [3.63, 3.8) is 0 Å². The van der Waals surface area contributed by atoms with Gasteiger partial charge in [0.1, 0.15) is 0 Å². The fourth-order valence-electron chi connectivity index (χ4n) is 0.789. The van der Waals surface area contributed by atoms with E-state index in [0.29, 0.717) is 0 Å². The number of hydrogen-bond donors (Lipinski definition) is 1. The Morgan fingerprint density at radius 3 is 2.30 bits per heavy atom. The average molecular weight is 133 g/mol. The molecule has 0 aliphatic carbocycles. The summed E-state index contributed by atoms with van der Waals surface area (Å²) < 4.78 is 0. The van der Waals surface area contributed by atoms with Crippen LogP contribution in [0.3, 0.4) is 0 Å². The van der Waals surface area contributed by atoms with E-state index >= 15 is 0 Å². The second kappa shape index (κ2) is 3.06. The summed E-state index contributed by atoms with van der Waals surface area (Å²) in [5, 5.41) is 0. The van der Waals surface area contributed by atoms with Crippen molar-refractivity contribution in [3.8, 4) is 0 Å². The first-order valence-corrected chi connectivity index (χ1v) is 3.28. The molecular formula is C9H11N. The van der Waals surface area contributed by atoms with Crippen molar-refractivity contribution >= 4 is 6.08 Å². The molecule has 0 aliphatic rings. The zero-order chi connectivity index (χ0) is 7.40. The maximum atomic E-state index is 5.22. The molecule has 0 atom stereocenters. The topological polar surface area (TPSA) is 26.0 Å². The molecule has 1 aromatic carbocycles. The molecule has 1 heteroatoms. The molecule has 0 fully saturated rings. The highest BCUT2D eigenvalue weighted by Gasteiger charge is 1.83. The van der Waals surface area contributed by atoms with E-state index in [9.17, 15) is 0 Å². The van der Waals surface area contributed by atoms with Crippen molar-refractivity contribution in [3.05, 3.63) is 41.6 Å². The van der Waals surface area contributed by atoms with Crippen LogP contribution in [0.4, 0.5) is 0 Å². The lowest BCUT2D eigenvalue weighted by atomic mass is 10.1. The van der Waals surface area contributed by atoms with Crippen LogP contribution in [0.2, 0.25) is 0 Å². The molecule has 0 heterocycles. The van der Waals surface area contributed by atoms with E-state index in [1.165, 1.54) is 5.56 Å². The Morgan fingerprint density at radius 1 is 1.20 bits per heavy atom. The number of hydrogen-bond acceptors (Lipinski definition) is 1. The fourth-order valence-corrected chi connectivity index (χ4v) is 0.789. The van der Waals surface area contributed by atoms with E-state index in [0.717, 1.165) is 5.56 Å². The first kappa shape index (κ1) is 6.87. The van der Waals surface area contributed by atoms with Gasteiger partial charge in [0.15, 0.2) is 0 Å². The summed E-state index contributed by atoms with van der Waals surface area (Å²) in [6.07, 6.45) is 3.42. The molecular weight excluding hydrogens is 122 g/mol. The normalized spacial score (nSPS) is 10.5. The molecule has 0 saturated carbocycles. The summed E-state index contributed by atoms with van der Waals surface area (Å²) in [6, 6.07) is 8.21. The van der Waals surface area contributed by atoms with E-state index in [2.05, 4.69) is 19.1 Å². The predicted octanol–water partition coefficient (Wildman–Crippen LogP) is 1.92. The van der Waals surface area contributed by atoms with Crippen LogP contribution in [0.5, 0.6) is 0 Å². The smallest absolute Gasteiger partial charge is 0.00564 e. The van der Waals surface area contributed by atoms with Crippen LogP contribution in [-0.2, 0) is 0 Å². The third kappa shape index (κ3) is 1.62. The highest BCUT2D eigenvalue weighted by molar-refractivity contribution is 5.48. The zero-order valence-electron chi connectivity index (χ0n) is 6.04. The van der Waals surface area contributed by atoms with E-state index < -0.39 is 0 Å². The van der Waals surface area contributed by atoms with E-state index in [-0.39, 0.29) is 0 Å². The number of rotatable bonds is 1. The van der Waals surface area contributed by atoms with Gasteiger partial charge in [-0.2, -0.15) is 0 Å². The van der Waals surface area contributed by atoms with Crippen molar-refractivity contribution < 1.29 is 0 Å². The largest absolute Gasteiger partial charge is 0.405 e. The molecule has 2 N–H and O–H groups in total.